The minimum atomic E-state index is -4.50. The third-order valence-corrected chi connectivity index (χ3v) is 4.99. The van der Waals surface area contributed by atoms with Gasteiger partial charge in [0.25, 0.3) is 0 Å². The summed E-state index contributed by atoms with van der Waals surface area (Å²) in [5, 5.41) is 10.2. The van der Waals surface area contributed by atoms with E-state index in [1.807, 2.05) is 0 Å². The zero-order valence-electron chi connectivity index (χ0n) is 15.9. The first kappa shape index (κ1) is 23.1. The molecule has 2 heterocycles. The molecule has 3 rings (SSSR count). The average Bonchev–Trinajstić information content (AvgIpc) is 3.09. The fraction of sp³-hybridized carbons (Fsp3) is 0.471. The Morgan fingerprint density at radius 3 is 2.48 bits per heavy atom. The van der Waals surface area contributed by atoms with Crippen LogP contribution in [0.1, 0.15) is 0 Å². The molecule has 1 fully saturated rings. The van der Waals surface area contributed by atoms with Crippen LogP contribution in [-0.2, 0) is 16.1 Å². The van der Waals surface area contributed by atoms with E-state index in [4.69, 9.17) is 4.74 Å². The molecule has 0 atom stereocenters. The van der Waals surface area contributed by atoms with Gasteiger partial charge in [0.1, 0.15) is 12.3 Å². The molecule has 0 unspecified atom stereocenters. The van der Waals surface area contributed by atoms with Crippen LogP contribution >= 0.6 is 11.8 Å². The molecule has 170 valence electrons. The predicted octanol–water partition coefficient (Wildman–Crippen LogP) is 3.01. The van der Waals surface area contributed by atoms with Crippen LogP contribution in [-0.4, -0.2) is 65.5 Å². The van der Waals surface area contributed by atoms with Crippen LogP contribution in [0.15, 0.2) is 29.4 Å². The van der Waals surface area contributed by atoms with Crippen molar-refractivity contribution in [3.05, 3.63) is 24.3 Å². The molecule has 0 bridgehead atoms. The van der Waals surface area contributed by atoms with E-state index in [2.05, 4.69) is 20.3 Å². The monoisotopic (exact) mass is 467 g/mol. The van der Waals surface area contributed by atoms with Crippen molar-refractivity contribution in [1.29, 1.82) is 0 Å². The van der Waals surface area contributed by atoms with Gasteiger partial charge in [-0.3, -0.25) is 9.36 Å². The number of nitrogens with one attached hydrogen (secondary N) is 1. The van der Waals surface area contributed by atoms with Gasteiger partial charge in [0.05, 0.1) is 19.0 Å². The number of carbonyl (C=O) groups is 1. The van der Waals surface area contributed by atoms with Crippen molar-refractivity contribution in [2.24, 2.45) is 0 Å². The molecule has 1 amide bonds. The Morgan fingerprint density at radius 1 is 1.19 bits per heavy atom. The van der Waals surface area contributed by atoms with Crippen LogP contribution in [0, 0.1) is 0 Å². The standard InChI is InChI=1S/C17H18F5N5O3S/c18-14(19)30-12-3-1-11(2-4-12)23-13(28)9-31-16-25-24-15(26-5-7-29-8-6-26)27(16)10-17(20,21)22/h1-4,14H,5-10H2,(H,23,28). The van der Waals surface area contributed by atoms with Crippen molar-refractivity contribution in [3.8, 4) is 5.75 Å². The number of alkyl halides is 5. The Kier molecular flexibility index (Phi) is 7.54. The van der Waals surface area contributed by atoms with Crippen molar-refractivity contribution in [2.75, 3.05) is 42.3 Å². The molecule has 0 saturated carbocycles. The van der Waals surface area contributed by atoms with E-state index in [0.717, 1.165) is 16.3 Å². The summed E-state index contributed by atoms with van der Waals surface area (Å²) in [7, 11) is 0. The minimum Gasteiger partial charge on any atom is -0.435 e. The van der Waals surface area contributed by atoms with Crippen molar-refractivity contribution in [3.63, 3.8) is 0 Å². The predicted molar refractivity (Wildman–Crippen MR) is 102 cm³/mol. The molecule has 1 aliphatic heterocycles. The second-order valence-corrected chi connectivity index (χ2v) is 7.27. The van der Waals surface area contributed by atoms with Gasteiger partial charge in [-0.2, -0.15) is 22.0 Å². The third kappa shape index (κ3) is 6.95. The number of morpholine rings is 1. The van der Waals surface area contributed by atoms with E-state index in [1.54, 1.807) is 4.90 Å². The van der Waals surface area contributed by atoms with E-state index >= 15 is 0 Å². The van der Waals surface area contributed by atoms with Gasteiger partial charge in [-0.1, -0.05) is 11.8 Å². The van der Waals surface area contributed by atoms with E-state index < -0.39 is 25.2 Å². The quantitative estimate of drug-likeness (QED) is 0.472. The number of hydrogen-bond donors (Lipinski definition) is 1. The Bertz CT molecular complexity index is 872. The summed E-state index contributed by atoms with van der Waals surface area (Å²) in [5.41, 5.74) is 0.318. The Morgan fingerprint density at radius 2 is 1.87 bits per heavy atom. The average molecular weight is 467 g/mol. The number of nitrogens with zero attached hydrogens (tertiary/aromatic N) is 4. The fourth-order valence-corrected chi connectivity index (χ4v) is 3.48. The maximum atomic E-state index is 13.1. The molecule has 1 N–H and O–H groups in total. The minimum absolute atomic E-state index is 0.0466. The lowest BCUT2D eigenvalue weighted by atomic mass is 10.3. The number of hydrogen-bond acceptors (Lipinski definition) is 7. The van der Waals surface area contributed by atoms with Gasteiger partial charge < -0.3 is 19.7 Å². The zero-order valence-corrected chi connectivity index (χ0v) is 16.8. The van der Waals surface area contributed by atoms with Crippen LogP contribution < -0.4 is 15.0 Å². The third-order valence-electron chi connectivity index (χ3n) is 4.02. The SMILES string of the molecule is O=C(CSc1nnc(N2CCOCC2)n1CC(F)(F)F)Nc1ccc(OC(F)F)cc1. The van der Waals surface area contributed by atoms with Gasteiger partial charge in [0, 0.05) is 18.8 Å². The van der Waals surface area contributed by atoms with E-state index in [-0.39, 0.29) is 22.6 Å². The lowest BCUT2D eigenvalue weighted by Gasteiger charge is -2.28. The smallest absolute Gasteiger partial charge is 0.406 e. The lowest BCUT2D eigenvalue weighted by Crippen LogP contribution is -2.38. The molecule has 1 aromatic heterocycles. The number of ether oxygens (including phenoxy) is 2. The highest BCUT2D eigenvalue weighted by Gasteiger charge is 2.33. The van der Waals surface area contributed by atoms with Gasteiger partial charge >= 0.3 is 12.8 Å². The molecule has 0 spiro atoms. The van der Waals surface area contributed by atoms with Gasteiger partial charge in [-0.05, 0) is 24.3 Å². The summed E-state index contributed by atoms with van der Waals surface area (Å²) < 4.78 is 73.9. The zero-order chi connectivity index (χ0) is 22.4. The summed E-state index contributed by atoms with van der Waals surface area (Å²) in [6.07, 6.45) is -4.50. The second-order valence-electron chi connectivity index (χ2n) is 6.32. The molecule has 14 heteroatoms. The largest absolute Gasteiger partial charge is 0.435 e. The molecule has 0 aliphatic carbocycles. The highest BCUT2D eigenvalue weighted by Crippen LogP contribution is 2.28. The Balaban J connectivity index is 1.63. The van der Waals surface area contributed by atoms with Crippen LogP contribution in [0.25, 0.3) is 0 Å². The number of rotatable bonds is 8. The first-order valence-corrected chi connectivity index (χ1v) is 10.00. The van der Waals surface area contributed by atoms with E-state index in [1.165, 1.54) is 24.3 Å². The van der Waals surface area contributed by atoms with Crippen LogP contribution in [0.2, 0.25) is 0 Å². The molecular weight excluding hydrogens is 449 g/mol. The van der Waals surface area contributed by atoms with Gasteiger partial charge in [0.15, 0.2) is 5.16 Å². The number of aromatic nitrogens is 3. The number of benzene rings is 1. The van der Waals surface area contributed by atoms with E-state index in [0.29, 0.717) is 32.0 Å². The Hall–Kier alpha value is -2.61. The number of halogens is 5. The first-order valence-electron chi connectivity index (χ1n) is 9.01. The molecule has 8 nitrogen and oxygen atoms in total. The number of carbonyl (C=O) groups excluding carboxylic acids is 1. The second kappa shape index (κ2) is 10.1. The summed E-state index contributed by atoms with van der Waals surface area (Å²) in [5.74, 6) is -0.743. The van der Waals surface area contributed by atoms with Gasteiger partial charge in [-0.25, -0.2) is 0 Å². The highest BCUT2D eigenvalue weighted by atomic mass is 32.2. The number of anilines is 2. The number of thioether (sulfide) groups is 1. The Labute approximate surface area is 177 Å². The molecule has 1 aliphatic rings. The fourth-order valence-electron chi connectivity index (χ4n) is 2.75. The molecule has 0 radical (unpaired) electrons. The molecule has 31 heavy (non-hydrogen) atoms. The van der Waals surface area contributed by atoms with Crippen LogP contribution in [0.3, 0.4) is 0 Å². The number of amides is 1. The van der Waals surface area contributed by atoms with Crippen molar-refractivity contribution < 1.29 is 36.2 Å². The summed E-state index contributed by atoms with van der Waals surface area (Å²) >= 11 is 0.807. The van der Waals surface area contributed by atoms with Gasteiger partial charge in [0.2, 0.25) is 11.9 Å². The summed E-state index contributed by atoms with van der Waals surface area (Å²) in [6, 6.07) is 5.24. The van der Waals surface area contributed by atoms with Gasteiger partial charge in [-0.15, -0.1) is 10.2 Å². The summed E-state index contributed by atoms with van der Waals surface area (Å²) in [6.45, 7) is -2.76. The van der Waals surface area contributed by atoms with Crippen LogP contribution in [0.5, 0.6) is 5.75 Å². The molecule has 1 saturated heterocycles. The topological polar surface area (TPSA) is 81.5 Å². The lowest BCUT2D eigenvalue weighted by molar-refractivity contribution is -0.141. The normalized spacial score (nSPS) is 14.7. The molecule has 2 aromatic rings. The van der Waals surface area contributed by atoms with E-state index in [9.17, 15) is 26.7 Å². The van der Waals surface area contributed by atoms with Crippen molar-refractivity contribution >= 4 is 29.3 Å². The molecular formula is C17H18F5N5O3S. The molecule has 1 aromatic carbocycles. The maximum Gasteiger partial charge on any atom is 0.406 e. The summed E-state index contributed by atoms with van der Waals surface area (Å²) in [4.78, 5) is 13.8. The highest BCUT2D eigenvalue weighted by molar-refractivity contribution is 7.99. The van der Waals surface area contributed by atoms with Crippen molar-refractivity contribution in [2.45, 2.75) is 24.5 Å². The maximum absolute atomic E-state index is 13.1. The van der Waals surface area contributed by atoms with Crippen molar-refractivity contribution in [1.82, 2.24) is 14.8 Å². The first-order chi connectivity index (χ1) is 14.7. The van der Waals surface area contributed by atoms with Crippen LogP contribution in [0.4, 0.5) is 33.6 Å².